The lowest BCUT2D eigenvalue weighted by atomic mass is 10.2. The minimum Gasteiger partial charge on any atom is -0.353 e. The Balaban J connectivity index is 1.71. The summed E-state index contributed by atoms with van der Waals surface area (Å²) >= 11 is 0. The van der Waals surface area contributed by atoms with Crippen molar-refractivity contribution in [1.29, 1.82) is 0 Å². The molecule has 0 N–H and O–H groups in total. The highest BCUT2D eigenvalue weighted by molar-refractivity contribution is 7.90. The first-order valence-corrected chi connectivity index (χ1v) is 11.6. The minimum absolute atomic E-state index is 0.167. The van der Waals surface area contributed by atoms with E-state index >= 15 is 0 Å². The average molecular weight is 407 g/mol. The van der Waals surface area contributed by atoms with Gasteiger partial charge in [0, 0.05) is 51.7 Å². The molecule has 0 aromatic carbocycles. The van der Waals surface area contributed by atoms with Crippen LogP contribution in [0.4, 0.5) is 5.82 Å². The van der Waals surface area contributed by atoms with Gasteiger partial charge < -0.3 is 9.47 Å². The van der Waals surface area contributed by atoms with Crippen LogP contribution < -0.4 is 4.90 Å². The van der Waals surface area contributed by atoms with Gasteiger partial charge in [0.25, 0.3) is 0 Å². The lowest BCUT2D eigenvalue weighted by Crippen LogP contribution is -2.46. The third-order valence-corrected chi connectivity index (χ3v) is 5.88. The van der Waals surface area contributed by atoms with Crippen LogP contribution in [0.1, 0.15) is 30.9 Å². The van der Waals surface area contributed by atoms with E-state index in [1.165, 1.54) is 6.26 Å². The summed E-state index contributed by atoms with van der Waals surface area (Å²) in [5.41, 5.74) is 2.83. The normalized spacial score (nSPS) is 16.1. The zero-order chi connectivity index (χ0) is 20.5. The maximum Gasteiger partial charge on any atom is 0.227 e. The first-order valence-electron chi connectivity index (χ1n) is 9.67. The first kappa shape index (κ1) is 20.7. The highest BCUT2D eigenvalue weighted by Gasteiger charge is 2.24. The predicted molar refractivity (Wildman–Crippen MR) is 109 cm³/mol. The number of imidazole rings is 1. The Morgan fingerprint density at radius 2 is 1.75 bits per heavy atom. The molecule has 2 aromatic rings. The standard InChI is InChI=1S/C19H30N6O2S/c1-14(2)12-25-17(11-21-19(25)28(5,26)27)13-23-6-8-24(9-7-23)18-16(4)20-10-15(3)22-18/h10-11,14H,6-9,12-13H2,1-5H3. The van der Waals surface area contributed by atoms with Crippen molar-refractivity contribution < 1.29 is 8.42 Å². The van der Waals surface area contributed by atoms with Gasteiger partial charge in [-0.15, -0.1) is 0 Å². The van der Waals surface area contributed by atoms with Gasteiger partial charge in [-0.25, -0.2) is 18.4 Å². The summed E-state index contributed by atoms with van der Waals surface area (Å²) in [7, 11) is -3.34. The molecular formula is C19H30N6O2S. The van der Waals surface area contributed by atoms with E-state index in [2.05, 4.69) is 38.6 Å². The van der Waals surface area contributed by atoms with Gasteiger partial charge in [-0.05, 0) is 19.8 Å². The molecule has 1 aliphatic rings. The molecule has 1 aliphatic heterocycles. The molecule has 2 aromatic heterocycles. The smallest absolute Gasteiger partial charge is 0.227 e. The van der Waals surface area contributed by atoms with Gasteiger partial charge >= 0.3 is 0 Å². The van der Waals surface area contributed by atoms with Crippen molar-refractivity contribution in [2.24, 2.45) is 5.92 Å². The highest BCUT2D eigenvalue weighted by Crippen LogP contribution is 2.20. The number of rotatable bonds is 6. The number of sulfone groups is 1. The number of anilines is 1. The van der Waals surface area contributed by atoms with Crippen molar-refractivity contribution in [2.75, 3.05) is 37.3 Å². The van der Waals surface area contributed by atoms with Crippen LogP contribution in [0.25, 0.3) is 0 Å². The van der Waals surface area contributed by atoms with E-state index < -0.39 is 9.84 Å². The Kier molecular flexibility index (Phi) is 6.04. The van der Waals surface area contributed by atoms with E-state index in [0.29, 0.717) is 19.0 Å². The zero-order valence-electron chi connectivity index (χ0n) is 17.4. The second kappa shape index (κ2) is 8.16. The fourth-order valence-corrected chi connectivity index (χ4v) is 4.38. The van der Waals surface area contributed by atoms with Gasteiger partial charge in [0.15, 0.2) is 0 Å². The zero-order valence-corrected chi connectivity index (χ0v) is 18.2. The van der Waals surface area contributed by atoms with Gasteiger partial charge in [-0.3, -0.25) is 9.88 Å². The molecule has 0 unspecified atom stereocenters. The summed E-state index contributed by atoms with van der Waals surface area (Å²) in [6.07, 6.45) is 4.73. The Morgan fingerprint density at radius 1 is 1.07 bits per heavy atom. The van der Waals surface area contributed by atoms with E-state index in [9.17, 15) is 8.42 Å². The third-order valence-electron chi connectivity index (χ3n) is 4.89. The predicted octanol–water partition coefficient (Wildman–Crippen LogP) is 1.67. The first-order chi connectivity index (χ1) is 13.1. The van der Waals surface area contributed by atoms with Crippen molar-refractivity contribution in [3.63, 3.8) is 0 Å². The van der Waals surface area contributed by atoms with Crippen LogP contribution in [-0.4, -0.2) is 65.3 Å². The molecule has 3 heterocycles. The molecule has 1 saturated heterocycles. The summed E-state index contributed by atoms with van der Waals surface area (Å²) in [4.78, 5) is 17.9. The van der Waals surface area contributed by atoms with Crippen LogP contribution in [0.3, 0.4) is 0 Å². The molecule has 3 rings (SSSR count). The molecule has 1 fully saturated rings. The lowest BCUT2D eigenvalue weighted by molar-refractivity contribution is 0.241. The molecule has 0 radical (unpaired) electrons. The van der Waals surface area contributed by atoms with Gasteiger partial charge in [-0.1, -0.05) is 13.8 Å². The average Bonchev–Trinajstić information content (AvgIpc) is 3.00. The summed E-state index contributed by atoms with van der Waals surface area (Å²) in [5.74, 6) is 1.30. The summed E-state index contributed by atoms with van der Waals surface area (Å²) in [6.45, 7) is 13.0. The molecule has 0 spiro atoms. The van der Waals surface area contributed by atoms with E-state index in [0.717, 1.165) is 49.1 Å². The second-order valence-electron chi connectivity index (χ2n) is 7.99. The second-order valence-corrected chi connectivity index (χ2v) is 9.90. The lowest BCUT2D eigenvalue weighted by Gasteiger charge is -2.36. The van der Waals surface area contributed by atoms with Gasteiger partial charge in [-0.2, -0.15) is 0 Å². The van der Waals surface area contributed by atoms with Crippen molar-refractivity contribution in [3.05, 3.63) is 29.5 Å². The molecule has 0 atom stereocenters. The summed E-state index contributed by atoms with van der Waals surface area (Å²) in [6, 6.07) is 0. The van der Waals surface area contributed by atoms with Crippen LogP contribution in [0.15, 0.2) is 17.6 Å². The Bertz CT molecular complexity index is 930. The highest BCUT2D eigenvalue weighted by atomic mass is 32.2. The van der Waals surface area contributed by atoms with Crippen LogP contribution in [-0.2, 0) is 22.9 Å². The molecular weight excluding hydrogens is 376 g/mol. The van der Waals surface area contributed by atoms with E-state index in [4.69, 9.17) is 0 Å². The summed E-state index contributed by atoms with van der Waals surface area (Å²) in [5, 5.41) is 0.167. The fourth-order valence-electron chi connectivity index (χ4n) is 3.55. The molecule has 0 bridgehead atoms. The maximum absolute atomic E-state index is 12.1. The van der Waals surface area contributed by atoms with Crippen molar-refractivity contribution >= 4 is 15.7 Å². The number of hydrogen-bond acceptors (Lipinski definition) is 7. The maximum atomic E-state index is 12.1. The largest absolute Gasteiger partial charge is 0.353 e. The Labute approximate surface area is 167 Å². The SMILES string of the molecule is Cc1cnc(C)c(N2CCN(Cc3cnc(S(C)(=O)=O)n3CC(C)C)CC2)n1. The molecule has 28 heavy (non-hydrogen) atoms. The van der Waals surface area contributed by atoms with Crippen molar-refractivity contribution in [1.82, 2.24) is 24.4 Å². The monoisotopic (exact) mass is 406 g/mol. The third kappa shape index (κ3) is 4.70. The number of aryl methyl sites for hydroxylation is 2. The van der Waals surface area contributed by atoms with E-state index in [1.54, 1.807) is 12.4 Å². The molecule has 0 amide bonds. The number of aromatic nitrogens is 4. The minimum atomic E-state index is -3.34. The Hall–Kier alpha value is -2.00. The van der Waals surface area contributed by atoms with Crippen LogP contribution >= 0.6 is 0 Å². The van der Waals surface area contributed by atoms with Gasteiger partial charge in [0.2, 0.25) is 15.0 Å². The van der Waals surface area contributed by atoms with Gasteiger partial charge in [0.1, 0.15) is 5.82 Å². The number of nitrogens with zero attached hydrogens (tertiary/aromatic N) is 6. The van der Waals surface area contributed by atoms with E-state index in [1.807, 2.05) is 18.4 Å². The molecule has 8 nitrogen and oxygen atoms in total. The van der Waals surface area contributed by atoms with Crippen LogP contribution in [0.2, 0.25) is 0 Å². The van der Waals surface area contributed by atoms with Crippen LogP contribution in [0, 0.1) is 19.8 Å². The fraction of sp³-hybridized carbons (Fsp3) is 0.632. The molecule has 0 saturated carbocycles. The van der Waals surface area contributed by atoms with Gasteiger partial charge in [0.05, 0.1) is 23.3 Å². The van der Waals surface area contributed by atoms with Crippen molar-refractivity contribution in [3.8, 4) is 0 Å². The number of hydrogen-bond donors (Lipinski definition) is 0. The Morgan fingerprint density at radius 3 is 2.36 bits per heavy atom. The summed E-state index contributed by atoms with van der Waals surface area (Å²) < 4.78 is 26.0. The molecule has 154 valence electrons. The van der Waals surface area contributed by atoms with Crippen LogP contribution in [0.5, 0.6) is 0 Å². The molecule has 0 aliphatic carbocycles. The quantitative estimate of drug-likeness (QED) is 0.721. The van der Waals surface area contributed by atoms with Crippen molar-refractivity contribution in [2.45, 2.75) is 45.9 Å². The van der Waals surface area contributed by atoms with E-state index in [-0.39, 0.29) is 5.16 Å². The topological polar surface area (TPSA) is 84.2 Å². The number of piperazine rings is 1. The molecule has 9 heteroatoms.